The molecule has 3 heterocycles. The van der Waals surface area contributed by atoms with Crippen molar-refractivity contribution >= 4 is 22.9 Å². The first-order chi connectivity index (χ1) is 21.6. The van der Waals surface area contributed by atoms with Gasteiger partial charge in [-0.15, -0.1) is 0 Å². The first kappa shape index (κ1) is 31.4. The number of likely N-dealkylation sites (N-methyl/N-ethyl adjacent to an activating group) is 1. The number of piperazine rings is 1. The molecule has 0 radical (unpaired) electrons. The van der Waals surface area contributed by atoms with E-state index in [9.17, 15) is 14.9 Å². The molecule has 4 aromatic rings. The highest BCUT2D eigenvalue weighted by atomic mass is 16.5. The summed E-state index contributed by atoms with van der Waals surface area (Å²) in [5.41, 5.74) is 6.66. The second-order valence-electron chi connectivity index (χ2n) is 11.7. The highest BCUT2D eigenvalue weighted by Crippen LogP contribution is 2.25. The van der Waals surface area contributed by atoms with E-state index in [1.54, 1.807) is 37.3 Å². The summed E-state index contributed by atoms with van der Waals surface area (Å²) in [4.78, 5) is 40.2. The number of benzene rings is 2. The number of nitrogens with two attached hydrogens (primary N) is 1. The molecule has 1 atom stereocenters. The number of carbonyl (C=O) groups is 1. The Morgan fingerprint density at radius 1 is 1.09 bits per heavy atom. The van der Waals surface area contributed by atoms with Gasteiger partial charge < -0.3 is 20.7 Å². The fourth-order valence-electron chi connectivity index (χ4n) is 5.65. The Labute approximate surface area is 262 Å². The lowest BCUT2D eigenvalue weighted by Gasteiger charge is -2.42. The molecule has 234 valence electrons. The number of imidazole rings is 1. The summed E-state index contributed by atoms with van der Waals surface area (Å²) in [5.74, 6) is 0.953. The minimum atomic E-state index is -0.514. The van der Waals surface area contributed by atoms with Gasteiger partial charge in [-0.1, -0.05) is 25.1 Å². The van der Waals surface area contributed by atoms with Crippen molar-refractivity contribution < 1.29 is 9.53 Å². The summed E-state index contributed by atoms with van der Waals surface area (Å²) in [5, 5.41) is 12.8. The normalized spacial score (nSPS) is 15.5. The van der Waals surface area contributed by atoms with Gasteiger partial charge in [-0.25, -0.2) is 14.8 Å². The predicted molar refractivity (Wildman–Crippen MR) is 173 cm³/mol. The van der Waals surface area contributed by atoms with E-state index in [0.717, 1.165) is 32.7 Å². The molecule has 2 aromatic carbocycles. The zero-order valence-electron chi connectivity index (χ0n) is 26.1. The van der Waals surface area contributed by atoms with Crippen molar-refractivity contribution in [1.29, 1.82) is 5.26 Å². The second kappa shape index (κ2) is 13.3. The van der Waals surface area contributed by atoms with Gasteiger partial charge in [-0.05, 0) is 69.8 Å². The Morgan fingerprint density at radius 2 is 1.76 bits per heavy atom. The van der Waals surface area contributed by atoms with Crippen molar-refractivity contribution in [3.05, 3.63) is 83.1 Å². The molecule has 1 fully saturated rings. The number of hydrogen-bond donors (Lipinski definition) is 2. The molecule has 1 unspecified atom stereocenters. The van der Waals surface area contributed by atoms with Crippen LogP contribution in [0.2, 0.25) is 0 Å². The van der Waals surface area contributed by atoms with Crippen LogP contribution < -0.4 is 21.5 Å². The number of carbonyl (C=O) groups excluding carboxylic acids is 1. The van der Waals surface area contributed by atoms with E-state index >= 15 is 0 Å². The van der Waals surface area contributed by atoms with Crippen LogP contribution in [-0.4, -0.2) is 79.1 Å². The first-order valence-corrected chi connectivity index (χ1v) is 15.1. The number of ether oxygens (including phenoxy) is 1. The van der Waals surface area contributed by atoms with Crippen LogP contribution in [0.15, 0.2) is 77.4 Å². The van der Waals surface area contributed by atoms with Gasteiger partial charge in [0.1, 0.15) is 35.0 Å². The maximum Gasteiger partial charge on any atom is 0.335 e. The number of anilines is 1. The number of fused-ring (bicyclic) bond motifs is 1. The van der Waals surface area contributed by atoms with Gasteiger partial charge in [-0.3, -0.25) is 18.8 Å². The molecular weight excluding hydrogens is 570 g/mol. The van der Waals surface area contributed by atoms with Crippen LogP contribution in [0.25, 0.3) is 16.9 Å². The van der Waals surface area contributed by atoms with E-state index in [1.807, 2.05) is 44.2 Å². The summed E-state index contributed by atoms with van der Waals surface area (Å²) in [6, 6.07) is 18.0. The van der Waals surface area contributed by atoms with Gasteiger partial charge in [0.05, 0.1) is 5.69 Å². The maximum absolute atomic E-state index is 13.8. The number of aromatic nitrogens is 4. The summed E-state index contributed by atoms with van der Waals surface area (Å²) in [7, 11) is 0. The number of hydrogen-bond acceptors (Lipinski definition) is 9. The summed E-state index contributed by atoms with van der Waals surface area (Å²) >= 11 is 0. The molecule has 12 nitrogen and oxygen atoms in total. The predicted octanol–water partition coefficient (Wildman–Crippen LogP) is 3.33. The molecule has 1 amide bonds. The third-order valence-electron chi connectivity index (χ3n) is 8.14. The summed E-state index contributed by atoms with van der Waals surface area (Å²) < 4.78 is 8.80. The Balaban J connectivity index is 1.35. The second-order valence-corrected chi connectivity index (χ2v) is 11.7. The zero-order chi connectivity index (χ0) is 32.1. The first-order valence-electron chi connectivity index (χ1n) is 15.1. The molecule has 0 saturated carbocycles. The Kier molecular flexibility index (Phi) is 9.32. The minimum Gasteiger partial charge on any atom is -0.457 e. The van der Waals surface area contributed by atoms with Crippen molar-refractivity contribution in [3.8, 4) is 23.3 Å². The Morgan fingerprint density at radius 3 is 2.40 bits per heavy atom. The minimum absolute atomic E-state index is 0.0314. The number of para-hydroxylation sites is 1. The number of nitrogens with zero attached hydrogens (tertiary/aromatic N) is 7. The van der Waals surface area contributed by atoms with E-state index in [0.29, 0.717) is 28.4 Å². The molecule has 45 heavy (non-hydrogen) atoms. The molecule has 0 spiro atoms. The van der Waals surface area contributed by atoms with Gasteiger partial charge >= 0.3 is 5.69 Å². The smallest absolute Gasteiger partial charge is 0.335 e. The van der Waals surface area contributed by atoms with Gasteiger partial charge in [0.2, 0.25) is 0 Å². The molecule has 5 rings (SSSR count). The summed E-state index contributed by atoms with van der Waals surface area (Å²) in [6.45, 7) is 12.7. The molecule has 1 aliphatic heterocycles. The number of nitrogens with one attached hydrogen (secondary N) is 1. The van der Waals surface area contributed by atoms with E-state index in [4.69, 9.17) is 10.5 Å². The van der Waals surface area contributed by atoms with Crippen molar-refractivity contribution in [2.75, 3.05) is 38.5 Å². The van der Waals surface area contributed by atoms with Gasteiger partial charge in [0, 0.05) is 44.3 Å². The number of amides is 1. The van der Waals surface area contributed by atoms with E-state index < -0.39 is 23.2 Å². The SMILES string of the molecule is CCN1CCN(C(C)(C)C=C(C#N)C(=O)NC(C)Cn2c(=O)n(-c3ccc(Oc4ccccc4)cc3)c3c(N)ncnc32)CC1. The standard InChI is InChI=1S/C33H39N9O3/c1-5-39-15-17-40(18-16-39)33(3,4)19-24(20-34)31(43)38-23(2)21-41-30-28(29(35)36-22-37-30)42(32(41)44)25-11-13-27(14-12-25)45-26-9-7-6-8-10-26/h6-14,19,22-23H,5,15-18,21H2,1-4H3,(H,38,43)(H2,35,36,37). The highest BCUT2D eigenvalue weighted by molar-refractivity contribution is 5.97. The lowest BCUT2D eigenvalue weighted by Crippen LogP contribution is -2.54. The number of rotatable bonds is 10. The van der Waals surface area contributed by atoms with Crippen LogP contribution in [0.1, 0.15) is 27.7 Å². The number of nitrogen functional groups attached to an aromatic ring is 1. The van der Waals surface area contributed by atoms with Crippen LogP contribution in [-0.2, 0) is 11.3 Å². The van der Waals surface area contributed by atoms with Crippen LogP contribution in [0.3, 0.4) is 0 Å². The third kappa shape index (κ3) is 6.90. The molecule has 0 aliphatic carbocycles. The van der Waals surface area contributed by atoms with Gasteiger partial charge in [0.15, 0.2) is 11.5 Å². The lowest BCUT2D eigenvalue weighted by molar-refractivity contribution is -0.117. The van der Waals surface area contributed by atoms with Crippen molar-refractivity contribution in [2.45, 2.75) is 45.8 Å². The molecule has 1 aliphatic rings. The van der Waals surface area contributed by atoms with Gasteiger partial charge in [-0.2, -0.15) is 5.26 Å². The average molecular weight is 610 g/mol. The van der Waals surface area contributed by atoms with Crippen LogP contribution in [0.4, 0.5) is 5.82 Å². The number of nitriles is 1. The molecule has 0 bridgehead atoms. The molecule has 1 saturated heterocycles. The monoisotopic (exact) mass is 609 g/mol. The molecule has 12 heteroatoms. The average Bonchev–Trinajstić information content (AvgIpc) is 3.32. The third-order valence-corrected chi connectivity index (χ3v) is 8.14. The quantitative estimate of drug-likeness (QED) is 0.204. The van der Waals surface area contributed by atoms with Crippen molar-refractivity contribution in [1.82, 2.24) is 34.2 Å². The molecule has 2 aromatic heterocycles. The van der Waals surface area contributed by atoms with E-state index in [-0.39, 0.29) is 17.9 Å². The molecular formula is C33H39N9O3. The fourth-order valence-corrected chi connectivity index (χ4v) is 5.65. The molecule has 3 N–H and O–H groups in total. The topological polar surface area (TPSA) is 147 Å². The van der Waals surface area contributed by atoms with Crippen LogP contribution in [0.5, 0.6) is 11.5 Å². The van der Waals surface area contributed by atoms with E-state index in [1.165, 1.54) is 15.5 Å². The van der Waals surface area contributed by atoms with Crippen molar-refractivity contribution in [2.24, 2.45) is 0 Å². The Bertz CT molecular complexity index is 1780. The fraction of sp³-hybridized carbons (Fsp3) is 0.364. The van der Waals surface area contributed by atoms with Gasteiger partial charge in [0.25, 0.3) is 5.91 Å². The highest BCUT2D eigenvalue weighted by Gasteiger charge is 2.30. The summed E-state index contributed by atoms with van der Waals surface area (Å²) in [6.07, 6.45) is 3.03. The maximum atomic E-state index is 13.8. The van der Waals surface area contributed by atoms with E-state index in [2.05, 4.69) is 38.1 Å². The van der Waals surface area contributed by atoms with Crippen molar-refractivity contribution in [3.63, 3.8) is 0 Å². The largest absolute Gasteiger partial charge is 0.457 e. The van der Waals surface area contributed by atoms with Crippen LogP contribution in [0, 0.1) is 11.3 Å². The zero-order valence-corrected chi connectivity index (χ0v) is 26.1. The van der Waals surface area contributed by atoms with Crippen LogP contribution >= 0.6 is 0 Å². The lowest BCUT2D eigenvalue weighted by atomic mass is 9.97. The Hall–Kier alpha value is -4.99.